The average molecular weight is 213 g/mol. The van der Waals surface area contributed by atoms with Crippen molar-refractivity contribution in [2.24, 2.45) is 15.2 Å². The molecule has 78 valence electrons. The van der Waals surface area contributed by atoms with E-state index in [0.717, 1.165) is 0 Å². The largest absolute Gasteiger partial charge is 0.453 e. The Labute approximate surface area is 83.4 Å². The van der Waals surface area contributed by atoms with Crippen molar-refractivity contribution in [1.82, 2.24) is 0 Å². The van der Waals surface area contributed by atoms with Crippen LogP contribution in [0.4, 0.5) is 13.2 Å². The third kappa shape index (κ3) is 2.03. The Bertz CT molecular complexity index is 408. The van der Waals surface area contributed by atoms with Gasteiger partial charge in [-0.3, -0.25) is 0 Å². The van der Waals surface area contributed by atoms with Crippen LogP contribution in [0.15, 0.2) is 45.6 Å². The number of hydrogen-bond acceptors (Lipinski definition) is 3. The summed E-state index contributed by atoms with van der Waals surface area (Å²) in [6.07, 6.45) is -5.38. The van der Waals surface area contributed by atoms with Crippen molar-refractivity contribution in [3.63, 3.8) is 0 Å². The molecule has 0 saturated heterocycles. The quantitative estimate of drug-likeness (QED) is 0.687. The van der Waals surface area contributed by atoms with E-state index < -0.39 is 18.2 Å². The first kappa shape index (κ1) is 9.82. The van der Waals surface area contributed by atoms with E-state index in [1.807, 2.05) is 0 Å². The van der Waals surface area contributed by atoms with E-state index >= 15 is 0 Å². The van der Waals surface area contributed by atoms with Crippen LogP contribution in [0.3, 0.4) is 0 Å². The predicted molar refractivity (Wildman–Crippen MR) is 47.5 cm³/mol. The molecular formula is C9H6F3N3. The summed E-state index contributed by atoms with van der Waals surface area (Å²) in [7, 11) is 0. The zero-order valence-electron chi connectivity index (χ0n) is 7.44. The van der Waals surface area contributed by atoms with Gasteiger partial charge >= 0.3 is 6.18 Å². The van der Waals surface area contributed by atoms with Crippen molar-refractivity contribution in [3.8, 4) is 0 Å². The van der Waals surface area contributed by atoms with E-state index in [2.05, 4.69) is 15.2 Å². The number of rotatable bonds is 1. The van der Waals surface area contributed by atoms with Crippen LogP contribution in [0.2, 0.25) is 0 Å². The SMILES string of the molecule is FC(F)(F)C1=NC(c2ccccc2)N=N1. The molecule has 0 aliphatic carbocycles. The van der Waals surface area contributed by atoms with Crippen LogP contribution >= 0.6 is 0 Å². The number of alkyl halides is 3. The van der Waals surface area contributed by atoms with E-state index in [1.54, 1.807) is 30.3 Å². The van der Waals surface area contributed by atoms with Crippen LogP contribution in [0.25, 0.3) is 0 Å². The minimum absolute atomic E-state index is 0.598. The molecule has 2 rings (SSSR count). The van der Waals surface area contributed by atoms with Gasteiger partial charge in [-0.15, -0.1) is 5.11 Å². The van der Waals surface area contributed by atoms with Crippen molar-refractivity contribution in [2.75, 3.05) is 0 Å². The fourth-order valence-corrected chi connectivity index (χ4v) is 1.17. The van der Waals surface area contributed by atoms with Gasteiger partial charge in [0.1, 0.15) is 0 Å². The second-order valence-corrected chi connectivity index (χ2v) is 2.95. The fourth-order valence-electron chi connectivity index (χ4n) is 1.17. The molecule has 0 aromatic heterocycles. The first-order valence-corrected chi connectivity index (χ1v) is 4.18. The van der Waals surface area contributed by atoms with Gasteiger partial charge in [-0.25, -0.2) is 4.99 Å². The average Bonchev–Trinajstić information content (AvgIpc) is 2.67. The molecule has 0 fully saturated rings. The van der Waals surface area contributed by atoms with Gasteiger partial charge in [-0.05, 0) is 0 Å². The number of azo groups is 1. The molecule has 1 aromatic carbocycles. The highest BCUT2D eigenvalue weighted by molar-refractivity contribution is 5.89. The lowest BCUT2D eigenvalue weighted by Gasteiger charge is -2.02. The van der Waals surface area contributed by atoms with Crippen LogP contribution in [-0.4, -0.2) is 12.0 Å². The Morgan fingerprint density at radius 3 is 2.27 bits per heavy atom. The third-order valence-electron chi connectivity index (χ3n) is 1.86. The van der Waals surface area contributed by atoms with Gasteiger partial charge in [0.05, 0.1) is 0 Å². The molecule has 1 aliphatic rings. The van der Waals surface area contributed by atoms with Gasteiger partial charge in [-0.1, -0.05) is 30.3 Å². The van der Waals surface area contributed by atoms with E-state index in [9.17, 15) is 13.2 Å². The second kappa shape index (κ2) is 3.45. The Kier molecular flexibility index (Phi) is 2.26. The van der Waals surface area contributed by atoms with E-state index in [0.29, 0.717) is 5.56 Å². The van der Waals surface area contributed by atoms with E-state index in [1.165, 1.54) is 0 Å². The molecule has 15 heavy (non-hydrogen) atoms. The first-order chi connectivity index (χ1) is 7.07. The lowest BCUT2D eigenvalue weighted by atomic mass is 10.2. The van der Waals surface area contributed by atoms with Crippen molar-refractivity contribution < 1.29 is 13.2 Å². The smallest absolute Gasteiger partial charge is 0.227 e. The number of aliphatic imine (C=N–C) groups is 1. The normalized spacial score (nSPS) is 20.5. The highest BCUT2D eigenvalue weighted by atomic mass is 19.4. The zero-order chi connectivity index (χ0) is 10.9. The Hall–Kier alpha value is -1.72. The Balaban J connectivity index is 2.25. The van der Waals surface area contributed by atoms with Gasteiger partial charge in [0.2, 0.25) is 0 Å². The van der Waals surface area contributed by atoms with Crippen LogP contribution < -0.4 is 0 Å². The van der Waals surface area contributed by atoms with Gasteiger partial charge in [0, 0.05) is 5.56 Å². The van der Waals surface area contributed by atoms with Gasteiger partial charge in [0.25, 0.3) is 5.84 Å². The van der Waals surface area contributed by atoms with E-state index in [4.69, 9.17) is 0 Å². The summed E-state index contributed by atoms with van der Waals surface area (Å²) in [5.41, 5.74) is 0.598. The summed E-state index contributed by atoms with van der Waals surface area (Å²) < 4.78 is 36.5. The lowest BCUT2D eigenvalue weighted by Crippen LogP contribution is -2.19. The molecule has 0 saturated carbocycles. The standard InChI is InChI=1S/C9H6F3N3/c10-9(11,12)8-13-7(14-15-8)6-4-2-1-3-5-6/h1-5,7H. The predicted octanol–water partition coefficient (Wildman–Crippen LogP) is 3.11. The first-order valence-electron chi connectivity index (χ1n) is 4.18. The van der Waals surface area contributed by atoms with Gasteiger partial charge in [-0.2, -0.15) is 18.3 Å². The maximum Gasteiger partial charge on any atom is 0.453 e. The summed E-state index contributed by atoms with van der Waals surface area (Å²) in [5, 5.41) is 6.47. The second-order valence-electron chi connectivity index (χ2n) is 2.95. The molecular weight excluding hydrogens is 207 g/mol. The fraction of sp³-hybridized carbons (Fsp3) is 0.222. The Morgan fingerprint density at radius 2 is 1.73 bits per heavy atom. The number of halogens is 3. The van der Waals surface area contributed by atoms with Gasteiger partial charge < -0.3 is 0 Å². The number of nitrogens with zero attached hydrogens (tertiary/aromatic N) is 3. The molecule has 0 radical (unpaired) electrons. The summed E-state index contributed by atoms with van der Waals surface area (Å²) in [6.45, 7) is 0. The molecule has 6 heteroatoms. The highest BCUT2D eigenvalue weighted by Gasteiger charge is 2.39. The summed E-state index contributed by atoms with van der Waals surface area (Å²) in [5.74, 6) is -1.17. The summed E-state index contributed by atoms with van der Waals surface area (Å²) in [4.78, 5) is 3.39. The third-order valence-corrected chi connectivity index (χ3v) is 1.86. The maximum atomic E-state index is 12.2. The minimum atomic E-state index is -4.52. The van der Waals surface area contributed by atoms with E-state index in [-0.39, 0.29) is 0 Å². The van der Waals surface area contributed by atoms with Gasteiger partial charge in [0.15, 0.2) is 6.17 Å². The number of benzene rings is 1. The molecule has 1 atom stereocenters. The topological polar surface area (TPSA) is 37.1 Å². The summed E-state index contributed by atoms with van der Waals surface area (Å²) >= 11 is 0. The molecule has 0 N–H and O–H groups in total. The van der Waals surface area contributed by atoms with Crippen molar-refractivity contribution in [2.45, 2.75) is 12.3 Å². The molecule has 0 amide bonds. The zero-order valence-corrected chi connectivity index (χ0v) is 7.44. The number of hydrogen-bond donors (Lipinski definition) is 0. The molecule has 0 spiro atoms. The van der Waals surface area contributed by atoms with Crippen LogP contribution in [0.5, 0.6) is 0 Å². The molecule has 1 unspecified atom stereocenters. The molecule has 0 bridgehead atoms. The molecule has 3 nitrogen and oxygen atoms in total. The van der Waals surface area contributed by atoms with Crippen LogP contribution in [0.1, 0.15) is 11.7 Å². The summed E-state index contributed by atoms with van der Waals surface area (Å²) in [6, 6.07) is 8.51. The monoisotopic (exact) mass is 213 g/mol. The number of amidine groups is 1. The molecule has 1 heterocycles. The minimum Gasteiger partial charge on any atom is -0.227 e. The lowest BCUT2D eigenvalue weighted by molar-refractivity contribution is -0.0597. The molecule has 1 aliphatic heterocycles. The Morgan fingerprint density at radius 1 is 1.07 bits per heavy atom. The molecule has 1 aromatic rings. The van der Waals surface area contributed by atoms with Crippen LogP contribution in [-0.2, 0) is 0 Å². The van der Waals surface area contributed by atoms with Crippen molar-refractivity contribution in [1.29, 1.82) is 0 Å². The van der Waals surface area contributed by atoms with Crippen molar-refractivity contribution in [3.05, 3.63) is 35.9 Å². The van der Waals surface area contributed by atoms with Crippen molar-refractivity contribution >= 4 is 5.84 Å². The van der Waals surface area contributed by atoms with Crippen LogP contribution in [0, 0.1) is 0 Å². The maximum absolute atomic E-state index is 12.2. The highest BCUT2D eigenvalue weighted by Crippen LogP contribution is 2.29.